The van der Waals surface area contributed by atoms with Crippen LogP contribution >= 0.6 is 11.6 Å². The van der Waals surface area contributed by atoms with Gasteiger partial charge in [0, 0.05) is 38.8 Å². The molecule has 194 valence electrons. The topological polar surface area (TPSA) is 85.4 Å². The maximum atomic E-state index is 13.5. The second-order valence-corrected chi connectivity index (χ2v) is 8.58. The average molecular weight is 527 g/mol. The largest absolute Gasteiger partial charge is 0.573 e. The number of aliphatic hydroxyl groups is 1. The van der Waals surface area contributed by atoms with E-state index < -0.39 is 24.2 Å². The molecule has 2 N–H and O–H groups in total. The maximum absolute atomic E-state index is 13.5. The second-order valence-electron chi connectivity index (χ2n) is 8.14. The lowest BCUT2D eigenvalue weighted by molar-refractivity contribution is -0.274. The second kappa shape index (κ2) is 11.5. The molecule has 36 heavy (non-hydrogen) atoms. The highest BCUT2D eigenvalue weighted by molar-refractivity contribution is 6.30. The van der Waals surface area contributed by atoms with Crippen LogP contribution in [0.25, 0.3) is 0 Å². The number of carbonyl (C=O) groups is 2. The Hall–Kier alpha value is -3.44. The van der Waals surface area contributed by atoms with Gasteiger partial charge in [-0.3, -0.25) is 9.59 Å². The Kier molecular flexibility index (Phi) is 8.70. The van der Waals surface area contributed by atoms with E-state index in [1.165, 1.54) is 35.0 Å². The molecule has 1 aliphatic heterocycles. The Labute approximate surface area is 211 Å². The third-order valence-corrected chi connectivity index (χ3v) is 5.73. The number of alkyl halides is 3. The fraction of sp³-hybridized carbons (Fsp3) is 0.333. The molecular formula is C24H26ClF3N4O4. The number of hydrogen-bond acceptors (Lipinski definition) is 6. The molecule has 0 saturated carbocycles. The van der Waals surface area contributed by atoms with Crippen LogP contribution in [0.15, 0.2) is 60.0 Å². The molecule has 2 aromatic carbocycles. The van der Waals surface area contributed by atoms with Gasteiger partial charge < -0.3 is 29.9 Å². The number of aliphatic hydroxyl groups excluding tert-OH is 1. The predicted octanol–water partition coefficient (Wildman–Crippen LogP) is 3.44. The van der Waals surface area contributed by atoms with Gasteiger partial charge in [0.15, 0.2) is 0 Å². The lowest BCUT2D eigenvalue weighted by Gasteiger charge is -2.30. The van der Waals surface area contributed by atoms with E-state index in [0.29, 0.717) is 23.4 Å². The zero-order valence-electron chi connectivity index (χ0n) is 19.6. The molecule has 0 aromatic heterocycles. The zero-order valence-corrected chi connectivity index (χ0v) is 20.4. The van der Waals surface area contributed by atoms with Crippen molar-refractivity contribution < 1.29 is 32.6 Å². The summed E-state index contributed by atoms with van der Waals surface area (Å²) in [6, 6.07) is 12.3. The van der Waals surface area contributed by atoms with E-state index in [0.717, 1.165) is 5.56 Å². The molecule has 0 spiro atoms. The van der Waals surface area contributed by atoms with Gasteiger partial charge in [0.25, 0.3) is 5.91 Å². The van der Waals surface area contributed by atoms with E-state index in [1.807, 2.05) is 0 Å². The minimum absolute atomic E-state index is 0.112. The van der Waals surface area contributed by atoms with E-state index in [4.69, 9.17) is 11.6 Å². The van der Waals surface area contributed by atoms with Gasteiger partial charge in [-0.1, -0.05) is 35.9 Å². The van der Waals surface area contributed by atoms with Crippen LogP contribution in [0.2, 0.25) is 5.02 Å². The maximum Gasteiger partial charge on any atom is 0.573 e. The van der Waals surface area contributed by atoms with E-state index in [9.17, 15) is 27.9 Å². The van der Waals surface area contributed by atoms with Crippen LogP contribution in [0.4, 0.5) is 13.2 Å². The van der Waals surface area contributed by atoms with Gasteiger partial charge in [-0.2, -0.15) is 0 Å². The first-order valence-corrected chi connectivity index (χ1v) is 11.3. The summed E-state index contributed by atoms with van der Waals surface area (Å²) in [6.07, 6.45) is -4.81. The smallest absolute Gasteiger partial charge is 0.406 e. The molecule has 0 saturated heterocycles. The standard InChI is InChI=1S/C24H26ClF3N4O4/c1-30(11-4-12-33)23(35)20-22(31(2)15-34)29-21(32(20)14-16-7-9-18(25)10-8-16)17-5-3-6-19(13-17)36-24(26,27)28/h3,5-10,13,15,21,29,33H,4,11-12,14H2,1-2H3. The van der Waals surface area contributed by atoms with E-state index in [2.05, 4.69) is 10.1 Å². The molecule has 0 radical (unpaired) electrons. The summed E-state index contributed by atoms with van der Waals surface area (Å²) in [6.45, 7) is 0.314. The summed E-state index contributed by atoms with van der Waals surface area (Å²) in [5, 5.41) is 12.8. The molecule has 0 aliphatic carbocycles. The Bertz CT molecular complexity index is 1110. The number of nitrogens with zero attached hydrogens (tertiary/aromatic N) is 3. The highest BCUT2D eigenvalue weighted by Crippen LogP contribution is 2.36. The number of rotatable bonds is 10. The van der Waals surface area contributed by atoms with E-state index >= 15 is 0 Å². The van der Waals surface area contributed by atoms with Crippen LogP contribution < -0.4 is 10.1 Å². The highest BCUT2D eigenvalue weighted by atomic mass is 35.5. The normalized spacial score (nSPS) is 15.5. The van der Waals surface area contributed by atoms with Crippen molar-refractivity contribution in [2.45, 2.75) is 25.5 Å². The summed E-state index contributed by atoms with van der Waals surface area (Å²) in [7, 11) is 3.03. The van der Waals surface area contributed by atoms with E-state index in [1.54, 1.807) is 42.3 Å². The molecule has 12 heteroatoms. The predicted molar refractivity (Wildman–Crippen MR) is 126 cm³/mol. The summed E-state index contributed by atoms with van der Waals surface area (Å²) in [5.41, 5.74) is 1.29. The first-order chi connectivity index (χ1) is 17.0. The van der Waals surface area contributed by atoms with Crippen molar-refractivity contribution in [2.24, 2.45) is 0 Å². The van der Waals surface area contributed by atoms with Crippen LogP contribution in [0.3, 0.4) is 0 Å². The zero-order chi connectivity index (χ0) is 26.5. The molecule has 1 aliphatic rings. The van der Waals surface area contributed by atoms with Crippen LogP contribution in [0.5, 0.6) is 5.75 Å². The lowest BCUT2D eigenvalue weighted by Crippen LogP contribution is -2.37. The molecule has 1 atom stereocenters. The summed E-state index contributed by atoms with van der Waals surface area (Å²) in [4.78, 5) is 29.5. The fourth-order valence-electron chi connectivity index (χ4n) is 3.78. The van der Waals surface area contributed by atoms with Crippen molar-refractivity contribution in [3.63, 3.8) is 0 Å². The van der Waals surface area contributed by atoms with Crippen molar-refractivity contribution in [3.8, 4) is 5.75 Å². The average Bonchev–Trinajstić information content (AvgIpc) is 3.21. The van der Waals surface area contributed by atoms with Crippen molar-refractivity contribution >= 4 is 23.9 Å². The minimum atomic E-state index is -4.87. The van der Waals surface area contributed by atoms with Gasteiger partial charge in [0.2, 0.25) is 6.41 Å². The Morgan fingerprint density at radius 3 is 2.53 bits per heavy atom. The monoisotopic (exact) mass is 526 g/mol. The SMILES string of the molecule is CN(C=O)C1=C(C(=O)N(C)CCCO)N(Cc2ccc(Cl)cc2)C(c2cccc(OC(F)(F)F)c2)N1. The fourth-order valence-corrected chi connectivity index (χ4v) is 3.90. The van der Waals surface area contributed by atoms with Crippen molar-refractivity contribution in [1.82, 2.24) is 20.0 Å². The molecular weight excluding hydrogens is 501 g/mol. The first kappa shape index (κ1) is 27.2. The van der Waals surface area contributed by atoms with E-state index in [-0.39, 0.29) is 31.2 Å². The molecule has 0 bridgehead atoms. The molecule has 2 aromatic rings. The highest BCUT2D eigenvalue weighted by Gasteiger charge is 2.39. The molecule has 3 rings (SSSR count). The van der Waals surface area contributed by atoms with Crippen LogP contribution in [-0.2, 0) is 16.1 Å². The number of benzene rings is 2. The number of likely N-dealkylation sites (N-methyl/N-ethyl adjacent to an activating group) is 1. The minimum Gasteiger partial charge on any atom is -0.406 e. The number of halogens is 4. The number of hydrogen-bond donors (Lipinski definition) is 2. The number of ether oxygens (including phenoxy) is 1. The molecule has 1 heterocycles. The lowest BCUT2D eigenvalue weighted by atomic mass is 10.1. The van der Waals surface area contributed by atoms with Crippen molar-refractivity contribution in [1.29, 1.82) is 0 Å². The number of nitrogens with one attached hydrogen (secondary N) is 1. The first-order valence-electron chi connectivity index (χ1n) is 11.0. The third kappa shape index (κ3) is 6.61. The van der Waals surface area contributed by atoms with Gasteiger partial charge >= 0.3 is 6.36 Å². The van der Waals surface area contributed by atoms with Gasteiger partial charge in [0.1, 0.15) is 23.4 Å². The molecule has 1 unspecified atom stereocenters. The summed E-state index contributed by atoms with van der Waals surface area (Å²) in [5.74, 6) is -0.663. The number of amides is 2. The molecule has 8 nitrogen and oxygen atoms in total. The van der Waals surface area contributed by atoms with Crippen molar-refractivity contribution in [3.05, 3.63) is 76.2 Å². The van der Waals surface area contributed by atoms with Gasteiger partial charge in [0.05, 0.1) is 0 Å². The summed E-state index contributed by atoms with van der Waals surface area (Å²) >= 11 is 6.01. The quantitative estimate of drug-likeness (QED) is 0.461. The van der Waals surface area contributed by atoms with Gasteiger partial charge in [-0.25, -0.2) is 0 Å². The Balaban J connectivity index is 2.08. The summed E-state index contributed by atoms with van der Waals surface area (Å²) < 4.78 is 42.6. The van der Waals surface area contributed by atoms with Crippen LogP contribution in [-0.4, -0.2) is 65.7 Å². The van der Waals surface area contributed by atoms with Crippen LogP contribution in [0, 0.1) is 0 Å². The third-order valence-electron chi connectivity index (χ3n) is 5.48. The Morgan fingerprint density at radius 2 is 1.92 bits per heavy atom. The molecule has 0 fully saturated rings. The van der Waals surface area contributed by atoms with Crippen LogP contribution in [0.1, 0.15) is 23.7 Å². The van der Waals surface area contributed by atoms with Gasteiger partial charge in [-0.05, 0) is 41.8 Å². The number of carbonyl (C=O) groups excluding carboxylic acids is 2. The Morgan fingerprint density at radius 1 is 1.22 bits per heavy atom. The van der Waals surface area contributed by atoms with Crippen molar-refractivity contribution in [2.75, 3.05) is 27.2 Å². The molecule has 2 amide bonds. The van der Waals surface area contributed by atoms with Gasteiger partial charge in [-0.15, -0.1) is 13.2 Å².